The van der Waals surface area contributed by atoms with Crippen LogP contribution in [0, 0.1) is 6.92 Å². The Bertz CT molecular complexity index is 444. The fraction of sp³-hybridized carbons (Fsp3) is 0.533. The van der Waals surface area contributed by atoms with Crippen molar-refractivity contribution < 1.29 is 19.0 Å². The molecule has 0 bridgehead atoms. The molecule has 0 aliphatic heterocycles. The molecule has 0 aliphatic carbocycles. The van der Waals surface area contributed by atoms with Crippen LogP contribution in [0.15, 0.2) is 18.2 Å². The Balaban J connectivity index is 0.00000441. The van der Waals surface area contributed by atoms with Gasteiger partial charge in [0.1, 0.15) is 12.4 Å². The van der Waals surface area contributed by atoms with Gasteiger partial charge in [-0.05, 0) is 30.7 Å². The van der Waals surface area contributed by atoms with E-state index in [0.29, 0.717) is 26.4 Å². The molecule has 0 radical (unpaired) electrons. The summed E-state index contributed by atoms with van der Waals surface area (Å²) < 4.78 is 15.3. The summed E-state index contributed by atoms with van der Waals surface area (Å²) in [6.07, 6.45) is 0. The Morgan fingerprint density at radius 3 is 2.50 bits per heavy atom. The van der Waals surface area contributed by atoms with Crippen LogP contribution in [0.3, 0.4) is 0 Å². The summed E-state index contributed by atoms with van der Waals surface area (Å²) in [5.74, 6) is 0.683. The van der Waals surface area contributed by atoms with Crippen LogP contribution >= 0.6 is 12.4 Å². The molecule has 0 aliphatic rings. The van der Waals surface area contributed by atoms with Crippen LogP contribution in [0.5, 0.6) is 5.75 Å². The molecule has 0 spiro atoms. The molecule has 0 heterocycles. The van der Waals surface area contributed by atoms with Gasteiger partial charge in [0, 0.05) is 26.5 Å². The minimum Gasteiger partial charge on any atom is -0.491 e. The highest BCUT2D eigenvalue weighted by Gasteiger charge is 2.05. The maximum absolute atomic E-state index is 11.8. The van der Waals surface area contributed by atoms with Crippen molar-refractivity contribution in [2.45, 2.75) is 6.92 Å². The maximum atomic E-state index is 11.8. The number of amides is 1. The van der Waals surface area contributed by atoms with Crippen LogP contribution in [-0.4, -0.2) is 53.0 Å². The number of ether oxygens (including phenoxy) is 3. The summed E-state index contributed by atoms with van der Waals surface area (Å²) >= 11 is 0. The van der Waals surface area contributed by atoms with Gasteiger partial charge in [0.25, 0.3) is 0 Å². The van der Waals surface area contributed by atoms with E-state index in [1.807, 2.05) is 25.1 Å². The Morgan fingerprint density at radius 1 is 1.14 bits per heavy atom. The molecule has 1 aromatic carbocycles. The van der Waals surface area contributed by atoms with Crippen LogP contribution in [-0.2, 0) is 14.3 Å². The molecule has 1 rings (SSSR count). The summed E-state index contributed by atoms with van der Waals surface area (Å²) in [6, 6.07) is 5.56. The van der Waals surface area contributed by atoms with Crippen molar-refractivity contribution in [1.29, 1.82) is 0 Å². The number of halogens is 1. The summed E-state index contributed by atoms with van der Waals surface area (Å²) in [4.78, 5) is 11.8. The lowest BCUT2D eigenvalue weighted by atomic mass is 10.2. The normalized spacial score (nSPS) is 9.95. The molecule has 0 unspecified atom stereocenters. The molecule has 126 valence electrons. The predicted octanol–water partition coefficient (Wildman–Crippen LogP) is 1.62. The zero-order valence-corrected chi connectivity index (χ0v) is 14.1. The lowest BCUT2D eigenvalue weighted by Gasteiger charge is -2.11. The van der Waals surface area contributed by atoms with Crippen molar-refractivity contribution in [1.82, 2.24) is 5.32 Å². The van der Waals surface area contributed by atoms with Gasteiger partial charge in [0.05, 0.1) is 19.8 Å². The monoisotopic (exact) mass is 332 g/mol. The number of methoxy groups -OCH3 is 2. The standard InChI is InChI=1S/C15H24N2O4.ClH/c1-12-10-13(21-9-8-20-3)4-5-14(12)17-15(18)11-16-6-7-19-2;/h4-5,10,16H,6-9,11H2,1-3H3,(H,17,18);1H. The Labute approximate surface area is 137 Å². The largest absolute Gasteiger partial charge is 0.491 e. The number of carbonyl (C=O) groups excluding carboxylic acids is 1. The molecule has 2 N–H and O–H groups in total. The van der Waals surface area contributed by atoms with Crippen molar-refractivity contribution in [2.75, 3.05) is 52.4 Å². The second kappa shape index (κ2) is 12.2. The third-order valence-corrected chi connectivity index (χ3v) is 2.80. The number of anilines is 1. The van der Waals surface area contributed by atoms with Gasteiger partial charge in [-0.3, -0.25) is 4.79 Å². The van der Waals surface area contributed by atoms with Gasteiger partial charge in [-0.1, -0.05) is 0 Å². The van der Waals surface area contributed by atoms with E-state index in [0.717, 1.165) is 17.0 Å². The lowest BCUT2D eigenvalue weighted by molar-refractivity contribution is -0.115. The van der Waals surface area contributed by atoms with E-state index in [1.54, 1.807) is 14.2 Å². The Morgan fingerprint density at radius 2 is 1.86 bits per heavy atom. The smallest absolute Gasteiger partial charge is 0.238 e. The van der Waals surface area contributed by atoms with E-state index >= 15 is 0 Å². The number of carbonyl (C=O) groups is 1. The number of nitrogens with one attached hydrogen (secondary N) is 2. The quantitative estimate of drug-likeness (QED) is 0.637. The SMILES string of the molecule is COCCNCC(=O)Nc1ccc(OCCOC)cc1C.Cl. The molecular formula is C15H25ClN2O4. The first-order valence-corrected chi connectivity index (χ1v) is 6.89. The topological polar surface area (TPSA) is 68.8 Å². The van der Waals surface area contributed by atoms with E-state index in [-0.39, 0.29) is 24.9 Å². The van der Waals surface area contributed by atoms with Crippen molar-refractivity contribution in [3.8, 4) is 5.75 Å². The molecule has 0 aromatic heterocycles. The first-order chi connectivity index (χ1) is 10.2. The minimum atomic E-state index is -0.0812. The molecule has 22 heavy (non-hydrogen) atoms. The van der Waals surface area contributed by atoms with E-state index in [4.69, 9.17) is 14.2 Å². The molecule has 0 saturated carbocycles. The van der Waals surface area contributed by atoms with Gasteiger partial charge in [-0.15, -0.1) is 12.4 Å². The zero-order valence-electron chi connectivity index (χ0n) is 13.3. The van der Waals surface area contributed by atoms with Gasteiger partial charge in [-0.2, -0.15) is 0 Å². The molecule has 0 atom stereocenters. The van der Waals surface area contributed by atoms with E-state index in [2.05, 4.69) is 10.6 Å². The highest BCUT2D eigenvalue weighted by atomic mass is 35.5. The lowest BCUT2D eigenvalue weighted by Crippen LogP contribution is -2.30. The molecule has 1 aromatic rings. The van der Waals surface area contributed by atoms with Crippen molar-refractivity contribution in [2.24, 2.45) is 0 Å². The summed E-state index contributed by atoms with van der Waals surface area (Å²) in [6.45, 7) is 4.47. The Kier molecular flexibility index (Phi) is 11.5. The second-order valence-corrected chi connectivity index (χ2v) is 4.54. The Hall–Kier alpha value is -1.34. The molecule has 6 nitrogen and oxygen atoms in total. The summed E-state index contributed by atoms with van der Waals surface area (Å²) in [7, 11) is 3.26. The fourth-order valence-electron chi connectivity index (χ4n) is 1.68. The predicted molar refractivity (Wildman–Crippen MR) is 89.2 cm³/mol. The summed E-state index contributed by atoms with van der Waals surface area (Å²) in [5.41, 5.74) is 1.74. The van der Waals surface area contributed by atoms with Crippen LogP contribution in [0.2, 0.25) is 0 Å². The molecule has 7 heteroatoms. The molecular weight excluding hydrogens is 308 g/mol. The van der Waals surface area contributed by atoms with Gasteiger partial charge in [-0.25, -0.2) is 0 Å². The van der Waals surface area contributed by atoms with Gasteiger partial charge < -0.3 is 24.8 Å². The highest BCUT2D eigenvalue weighted by Crippen LogP contribution is 2.21. The van der Waals surface area contributed by atoms with Crippen molar-refractivity contribution in [3.63, 3.8) is 0 Å². The number of hydrogen-bond acceptors (Lipinski definition) is 5. The van der Waals surface area contributed by atoms with Gasteiger partial charge in [0.2, 0.25) is 5.91 Å². The number of hydrogen-bond donors (Lipinski definition) is 2. The van der Waals surface area contributed by atoms with Crippen LogP contribution < -0.4 is 15.4 Å². The first-order valence-electron chi connectivity index (χ1n) is 6.89. The van der Waals surface area contributed by atoms with Crippen LogP contribution in [0.25, 0.3) is 0 Å². The van der Waals surface area contributed by atoms with E-state index in [9.17, 15) is 4.79 Å². The average molecular weight is 333 g/mol. The number of benzene rings is 1. The van der Waals surface area contributed by atoms with Gasteiger partial charge >= 0.3 is 0 Å². The highest BCUT2D eigenvalue weighted by molar-refractivity contribution is 5.93. The maximum Gasteiger partial charge on any atom is 0.238 e. The minimum absolute atomic E-state index is 0. The van der Waals surface area contributed by atoms with E-state index in [1.165, 1.54) is 0 Å². The van der Waals surface area contributed by atoms with Crippen molar-refractivity contribution >= 4 is 24.0 Å². The van der Waals surface area contributed by atoms with E-state index < -0.39 is 0 Å². The summed E-state index contributed by atoms with van der Waals surface area (Å²) in [5, 5.41) is 5.85. The third kappa shape index (κ3) is 8.19. The van der Waals surface area contributed by atoms with Crippen molar-refractivity contribution in [3.05, 3.63) is 23.8 Å². The van der Waals surface area contributed by atoms with Gasteiger partial charge in [0.15, 0.2) is 0 Å². The fourth-order valence-corrected chi connectivity index (χ4v) is 1.68. The number of aryl methyl sites for hydroxylation is 1. The molecule has 0 fully saturated rings. The molecule has 1 amide bonds. The average Bonchev–Trinajstić information content (AvgIpc) is 2.47. The number of rotatable bonds is 10. The second-order valence-electron chi connectivity index (χ2n) is 4.54. The molecule has 0 saturated heterocycles. The van der Waals surface area contributed by atoms with Crippen LogP contribution in [0.4, 0.5) is 5.69 Å². The zero-order chi connectivity index (χ0) is 15.5. The van der Waals surface area contributed by atoms with Crippen LogP contribution in [0.1, 0.15) is 5.56 Å². The third-order valence-electron chi connectivity index (χ3n) is 2.80. The first kappa shape index (κ1) is 20.7.